The summed E-state index contributed by atoms with van der Waals surface area (Å²) in [4.78, 5) is 2.28. The van der Waals surface area contributed by atoms with Crippen molar-refractivity contribution in [1.82, 2.24) is 4.90 Å². The molecule has 1 fully saturated rings. The standard InChI is InChI=1S/C15H23NO/c1-16(2)11-13-6-3-4-9-15(13)12-7-5-8-14(17)10-12/h5,7-8,10,13,15,17H,3-4,6,9,11H2,1-2H3/t13-,15+/m1/s1. The van der Waals surface area contributed by atoms with Crippen LogP contribution in [0.2, 0.25) is 0 Å². The van der Waals surface area contributed by atoms with Crippen LogP contribution in [0.3, 0.4) is 0 Å². The Kier molecular flexibility index (Phi) is 4.06. The number of phenols is 1. The number of hydrogen-bond donors (Lipinski definition) is 1. The van der Waals surface area contributed by atoms with E-state index in [1.807, 2.05) is 12.1 Å². The van der Waals surface area contributed by atoms with E-state index in [0.717, 1.165) is 12.5 Å². The first-order valence-corrected chi connectivity index (χ1v) is 6.60. The molecule has 17 heavy (non-hydrogen) atoms. The molecular weight excluding hydrogens is 210 g/mol. The molecule has 1 aliphatic rings. The van der Waals surface area contributed by atoms with Crippen LogP contribution in [0.4, 0.5) is 0 Å². The summed E-state index contributed by atoms with van der Waals surface area (Å²) in [6.07, 6.45) is 5.26. The van der Waals surface area contributed by atoms with E-state index in [4.69, 9.17) is 0 Å². The second-order valence-corrected chi connectivity index (χ2v) is 5.51. The van der Waals surface area contributed by atoms with Gasteiger partial charge in [-0.25, -0.2) is 0 Å². The van der Waals surface area contributed by atoms with Crippen LogP contribution in [0.15, 0.2) is 24.3 Å². The van der Waals surface area contributed by atoms with Gasteiger partial charge in [0.15, 0.2) is 0 Å². The average Bonchev–Trinajstić information content (AvgIpc) is 2.29. The Morgan fingerprint density at radius 2 is 2.00 bits per heavy atom. The molecule has 1 aromatic carbocycles. The Morgan fingerprint density at radius 1 is 1.24 bits per heavy atom. The normalized spacial score (nSPS) is 25.1. The molecule has 1 aliphatic carbocycles. The predicted molar refractivity (Wildman–Crippen MR) is 71.4 cm³/mol. The van der Waals surface area contributed by atoms with E-state index in [1.54, 1.807) is 6.07 Å². The third-order valence-corrected chi connectivity index (χ3v) is 3.81. The van der Waals surface area contributed by atoms with Crippen molar-refractivity contribution in [1.29, 1.82) is 0 Å². The maximum Gasteiger partial charge on any atom is 0.115 e. The lowest BCUT2D eigenvalue weighted by Crippen LogP contribution is -2.28. The Labute approximate surface area is 104 Å². The number of rotatable bonds is 3. The van der Waals surface area contributed by atoms with E-state index in [-0.39, 0.29) is 0 Å². The molecular formula is C15H23NO. The highest BCUT2D eigenvalue weighted by Gasteiger charge is 2.26. The largest absolute Gasteiger partial charge is 0.508 e. The lowest BCUT2D eigenvalue weighted by atomic mass is 9.75. The SMILES string of the molecule is CN(C)C[C@H]1CCCC[C@H]1c1cccc(O)c1. The zero-order valence-corrected chi connectivity index (χ0v) is 10.9. The minimum absolute atomic E-state index is 0.400. The highest BCUT2D eigenvalue weighted by molar-refractivity contribution is 5.30. The maximum atomic E-state index is 9.60. The second-order valence-electron chi connectivity index (χ2n) is 5.51. The summed E-state index contributed by atoms with van der Waals surface area (Å²) in [6.45, 7) is 1.15. The fraction of sp³-hybridized carbons (Fsp3) is 0.600. The average molecular weight is 233 g/mol. The fourth-order valence-corrected chi connectivity index (χ4v) is 3.09. The summed E-state index contributed by atoms with van der Waals surface area (Å²) in [5, 5.41) is 9.60. The Morgan fingerprint density at radius 3 is 2.71 bits per heavy atom. The molecule has 2 nitrogen and oxygen atoms in total. The topological polar surface area (TPSA) is 23.5 Å². The molecule has 0 amide bonds. The van der Waals surface area contributed by atoms with Crippen molar-refractivity contribution in [2.45, 2.75) is 31.6 Å². The van der Waals surface area contributed by atoms with Gasteiger partial charge in [-0.3, -0.25) is 0 Å². The molecule has 1 saturated carbocycles. The Balaban J connectivity index is 2.15. The van der Waals surface area contributed by atoms with E-state index < -0.39 is 0 Å². The summed E-state index contributed by atoms with van der Waals surface area (Å²) in [5.41, 5.74) is 1.32. The van der Waals surface area contributed by atoms with Crippen molar-refractivity contribution >= 4 is 0 Å². The van der Waals surface area contributed by atoms with E-state index in [1.165, 1.54) is 31.2 Å². The van der Waals surface area contributed by atoms with Crippen LogP contribution >= 0.6 is 0 Å². The number of nitrogens with zero attached hydrogens (tertiary/aromatic N) is 1. The minimum atomic E-state index is 0.400. The predicted octanol–water partition coefficient (Wildman–Crippen LogP) is 3.23. The van der Waals surface area contributed by atoms with Gasteiger partial charge in [-0.2, -0.15) is 0 Å². The molecule has 1 aromatic rings. The van der Waals surface area contributed by atoms with E-state index in [2.05, 4.69) is 25.1 Å². The zero-order chi connectivity index (χ0) is 12.3. The molecule has 0 aliphatic heterocycles. The summed E-state index contributed by atoms with van der Waals surface area (Å²) in [6, 6.07) is 7.83. The van der Waals surface area contributed by atoms with Crippen LogP contribution in [0.25, 0.3) is 0 Å². The lowest BCUT2D eigenvalue weighted by molar-refractivity contribution is 0.233. The Bertz CT molecular complexity index is 362. The fourth-order valence-electron chi connectivity index (χ4n) is 3.09. The van der Waals surface area contributed by atoms with E-state index >= 15 is 0 Å². The van der Waals surface area contributed by atoms with E-state index in [0.29, 0.717) is 11.7 Å². The van der Waals surface area contributed by atoms with Gasteiger partial charge in [0.25, 0.3) is 0 Å². The van der Waals surface area contributed by atoms with Crippen LogP contribution in [0, 0.1) is 5.92 Å². The van der Waals surface area contributed by atoms with Gasteiger partial charge >= 0.3 is 0 Å². The molecule has 0 radical (unpaired) electrons. The number of benzene rings is 1. The molecule has 0 saturated heterocycles. The molecule has 2 rings (SSSR count). The molecule has 2 heteroatoms. The summed E-state index contributed by atoms with van der Waals surface area (Å²) < 4.78 is 0. The van der Waals surface area contributed by atoms with Crippen molar-refractivity contribution < 1.29 is 5.11 Å². The van der Waals surface area contributed by atoms with Gasteiger partial charge in [-0.15, -0.1) is 0 Å². The van der Waals surface area contributed by atoms with Crippen LogP contribution < -0.4 is 0 Å². The number of phenolic OH excluding ortho intramolecular Hbond substituents is 1. The van der Waals surface area contributed by atoms with Crippen molar-refractivity contribution in [2.24, 2.45) is 5.92 Å². The summed E-state index contributed by atoms with van der Waals surface area (Å²) in [5.74, 6) is 1.76. The first-order valence-electron chi connectivity index (χ1n) is 6.60. The maximum absolute atomic E-state index is 9.60. The van der Waals surface area contributed by atoms with Gasteiger partial charge in [0, 0.05) is 6.54 Å². The highest BCUT2D eigenvalue weighted by atomic mass is 16.3. The molecule has 0 heterocycles. The number of aromatic hydroxyl groups is 1. The number of hydrogen-bond acceptors (Lipinski definition) is 2. The van der Waals surface area contributed by atoms with Crippen LogP contribution in [-0.4, -0.2) is 30.6 Å². The van der Waals surface area contributed by atoms with Gasteiger partial charge in [0.1, 0.15) is 5.75 Å². The van der Waals surface area contributed by atoms with Crippen LogP contribution in [0.5, 0.6) is 5.75 Å². The quantitative estimate of drug-likeness (QED) is 0.866. The van der Waals surface area contributed by atoms with Gasteiger partial charge in [-0.05, 0) is 56.5 Å². The van der Waals surface area contributed by atoms with Gasteiger partial charge in [0.2, 0.25) is 0 Å². The third-order valence-electron chi connectivity index (χ3n) is 3.81. The summed E-state index contributed by atoms with van der Waals surface area (Å²) in [7, 11) is 4.29. The molecule has 0 spiro atoms. The van der Waals surface area contributed by atoms with Crippen LogP contribution in [0.1, 0.15) is 37.2 Å². The lowest BCUT2D eigenvalue weighted by Gasteiger charge is -2.33. The summed E-state index contributed by atoms with van der Waals surface area (Å²) >= 11 is 0. The van der Waals surface area contributed by atoms with E-state index in [9.17, 15) is 5.11 Å². The van der Waals surface area contributed by atoms with Crippen molar-refractivity contribution in [3.63, 3.8) is 0 Å². The molecule has 2 atom stereocenters. The van der Waals surface area contributed by atoms with Crippen molar-refractivity contribution in [3.05, 3.63) is 29.8 Å². The van der Waals surface area contributed by atoms with Crippen molar-refractivity contribution in [3.8, 4) is 5.75 Å². The molecule has 1 N–H and O–H groups in total. The van der Waals surface area contributed by atoms with Crippen LogP contribution in [-0.2, 0) is 0 Å². The van der Waals surface area contributed by atoms with Gasteiger partial charge < -0.3 is 10.0 Å². The molecule has 94 valence electrons. The third kappa shape index (κ3) is 3.22. The molecule has 0 bridgehead atoms. The minimum Gasteiger partial charge on any atom is -0.508 e. The van der Waals surface area contributed by atoms with Gasteiger partial charge in [-0.1, -0.05) is 25.0 Å². The highest BCUT2D eigenvalue weighted by Crippen LogP contribution is 2.38. The monoisotopic (exact) mass is 233 g/mol. The van der Waals surface area contributed by atoms with Gasteiger partial charge in [0.05, 0.1) is 0 Å². The first kappa shape index (κ1) is 12.4. The smallest absolute Gasteiger partial charge is 0.115 e. The molecule has 0 aromatic heterocycles. The second kappa shape index (κ2) is 5.54. The van der Waals surface area contributed by atoms with Crippen molar-refractivity contribution in [2.75, 3.05) is 20.6 Å². The Hall–Kier alpha value is -1.02. The zero-order valence-electron chi connectivity index (χ0n) is 10.9. The first-order chi connectivity index (χ1) is 8.16. The molecule has 0 unspecified atom stereocenters.